The van der Waals surface area contributed by atoms with Crippen LogP contribution in [0.25, 0.3) is 21.9 Å². The zero-order chi connectivity index (χ0) is 26.4. The molecule has 0 fully saturated rings. The predicted octanol–water partition coefficient (Wildman–Crippen LogP) is 7.20. The zero-order valence-electron chi connectivity index (χ0n) is 22.0. The highest BCUT2D eigenvalue weighted by Crippen LogP contribution is 2.58. The van der Waals surface area contributed by atoms with Gasteiger partial charge in [0.1, 0.15) is 11.5 Å². The van der Waals surface area contributed by atoms with Gasteiger partial charge >= 0.3 is 5.97 Å². The molecule has 4 heteroatoms. The van der Waals surface area contributed by atoms with Crippen molar-refractivity contribution in [3.8, 4) is 22.6 Å². The number of carbonyl (C=O) groups excluding carboxylic acids is 1. The summed E-state index contributed by atoms with van der Waals surface area (Å²) in [7, 11) is 5.83. The van der Waals surface area contributed by atoms with Gasteiger partial charge in [-0.25, -0.2) is 0 Å². The van der Waals surface area contributed by atoms with Crippen LogP contribution in [0.15, 0.2) is 103 Å². The van der Waals surface area contributed by atoms with Crippen LogP contribution >= 0.6 is 0 Å². The monoisotopic (exact) mass is 499 g/mol. The van der Waals surface area contributed by atoms with Gasteiger partial charge in [-0.15, -0.1) is 0 Å². The first-order valence-corrected chi connectivity index (χ1v) is 12.7. The molecular formula is C34H29NO3. The topological polar surface area (TPSA) is 38.8 Å². The lowest BCUT2D eigenvalue weighted by Crippen LogP contribution is -2.29. The van der Waals surface area contributed by atoms with Crippen molar-refractivity contribution in [1.29, 1.82) is 0 Å². The molecule has 188 valence electrons. The molecule has 38 heavy (non-hydrogen) atoms. The van der Waals surface area contributed by atoms with Crippen LogP contribution in [-0.2, 0) is 10.2 Å². The fourth-order valence-electron chi connectivity index (χ4n) is 5.94. The Labute approximate surface area is 223 Å². The van der Waals surface area contributed by atoms with Crippen molar-refractivity contribution < 1.29 is 14.3 Å². The van der Waals surface area contributed by atoms with E-state index in [1.165, 1.54) is 39.9 Å². The van der Waals surface area contributed by atoms with Gasteiger partial charge in [0.15, 0.2) is 0 Å². The van der Waals surface area contributed by atoms with Crippen LogP contribution in [-0.4, -0.2) is 27.2 Å². The van der Waals surface area contributed by atoms with Crippen LogP contribution in [0.5, 0.6) is 11.5 Å². The van der Waals surface area contributed by atoms with E-state index in [1.54, 1.807) is 7.11 Å². The molecule has 0 aliphatic heterocycles. The molecule has 0 aromatic heterocycles. The molecule has 1 aliphatic rings. The summed E-state index contributed by atoms with van der Waals surface area (Å²) in [6.45, 7) is 1.42. The largest absolute Gasteiger partial charge is 0.497 e. The standard InChI is InChI=1S/C34H29NO3/c1-22(36)38-28-17-12-25(13-18-28)34(24-10-15-27(37-4)16-11-24)32-21-26(35(2)3)14-20-30(32)31-19-9-23-7-5-6-8-29(23)33(31)34/h5-21H,1-4H3. The summed E-state index contributed by atoms with van der Waals surface area (Å²) < 4.78 is 10.9. The average Bonchev–Trinajstić information content (AvgIpc) is 3.24. The molecular weight excluding hydrogens is 470 g/mol. The Hall–Kier alpha value is -4.57. The van der Waals surface area contributed by atoms with Crippen LogP contribution in [0, 0.1) is 0 Å². The molecule has 0 bridgehead atoms. The zero-order valence-corrected chi connectivity index (χ0v) is 22.0. The summed E-state index contributed by atoms with van der Waals surface area (Å²) in [5.41, 5.74) is 7.71. The smallest absolute Gasteiger partial charge is 0.308 e. The molecule has 0 radical (unpaired) electrons. The van der Waals surface area contributed by atoms with Crippen molar-refractivity contribution in [3.05, 3.63) is 125 Å². The molecule has 5 aromatic carbocycles. The molecule has 1 aliphatic carbocycles. The number of nitrogens with zero attached hydrogens (tertiary/aromatic N) is 1. The van der Waals surface area contributed by atoms with Crippen molar-refractivity contribution in [2.24, 2.45) is 0 Å². The first kappa shape index (κ1) is 23.8. The molecule has 0 saturated heterocycles. The molecule has 1 atom stereocenters. The number of anilines is 1. The second-order valence-electron chi connectivity index (χ2n) is 9.93. The van der Waals surface area contributed by atoms with E-state index in [1.807, 2.05) is 24.3 Å². The van der Waals surface area contributed by atoms with Gasteiger partial charge in [-0.2, -0.15) is 0 Å². The Morgan fingerprint density at radius 1 is 0.737 bits per heavy atom. The number of ether oxygens (including phenoxy) is 2. The number of hydrogen-bond donors (Lipinski definition) is 0. The van der Waals surface area contributed by atoms with Crippen molar-refractivity contribution in [2.45, 2.75) is 12.3 Å². The maximum Gasteiger partial charge on any atom is 0.308 e. The fraction of sp³-hybridized carbons (Fsp3) is 0.147. The van der Waals surface area contributed by atoms with E-state index in [-0.39, 0.29) is 5.97 Å². The normalized spacial score (nSPS) is 15.6. The molecule has 0 amide bonds. The van der Waals surface area contributed by atoms with Gasteiger partial charge in [0, 0.05) is 26.7 Å². The minimum Gasteiger partial charge on any atom is -0.497 e. The SMILES string of the molecule is COc1ccc(C2(c3ccc(OC(C)=O)cc3)c3cc(N(C)C)ccc3-c3ccc4ccccc4c32)cc1. The van der Waals surface area contributed by atoms with Gasteiger partial charge in [-0.3, -0.25) is 4.79 Å². The highest BCUT2D eigenvalue weighted by molar-refractivity contribution is 6.00. The van der Waals surface area contributed by atoms with Gasteiger partial charge in [0.05, 0.1) is 12.5 Å². The van der Waals surface area contributed by atoms with Gasteiger partial charge in [-0.1, -0.05) is 66.7 Å². The van der Waals surface area contributed by atoms with Crippen LogP contribution in [0.3, 0.4) is 0 Å². The second-order valence-corrected chi connectivity index (χ2v) is 9.93. The molecule has 4 nitrogen and oxygen atoms in total. The van der Waals surface area contributed by atoms with E-state index in [2.05, 4.69) is 97.9 Å². The van der Waals surface area contributed by atoms with Crippen molar-refractivity contribution >= 4 is 22.4 Å². The Kier molecular flexibility index (Phi) is 5.68. The second kappa shape index (κ2) is 9.07. The molecule has 0 saturated carbocycles. The molecule has 0 N–H and O–H groups in total. The molecule has 0 spiro atoms. The lowest BCUT2D eigenvalue weighted by Gasteiger charge is -2.35. The third-order valence-corrected chi connectivity index (χ3v) is 7.59. The predicted molar refractivity (Wildman–Crippen MR) is 153 cm³/mol. The average molecular weight is 500 g/mol. The highest BCUT2D eigenvalue weighted by Gasteiger charge is 2.47. The fourth-order valence-corrected chi connectivity index (χ4v) is 5.94. The number of fused-ring (bicyclic) bond motifs is 5. The molecule has 0 heterocycles. The molecule has 1 unspecified atom stereocenters. The summed E-state index contributed by atoms with van der Waals surface area (Å²) in [5, 5.41) is 2.41. The van der Waals surface area contributed by atoms with Crippen molar-refractivity contribution in [1.82, 2.24) is 0 Å². The summed E-state index contributed by atoms with van der Waals surface area (Å²) in [6, 6.07) is 36.2. The van der Waals surface area contributed by atoms with E-state index in [0.29, 0.717) is 5.75 Å². The number of hydrogen-bond acceptors (Lipinski definition) is 4. The Morgan fingerprint density at radius 2 is 1.37 bits per heavy atom. The van der Waals surface area contributed by atoms with E-state index >= 15 is 0 Å². The van der Waals surface area contributed by atoms with E-state index < -0.39 is 5.41 Å². The quantitative estimate of drug-likeness (QED) is 0.186. The van der Waals surface area contributed by atoms with E-state index in [0.717, 1.165) is 22.6 Å². The summed E-state index contributed by atoms with van der Waals surface area (Å²) in [4.78, 5) is 13.8. The van der Waals surface area contributed by atoms with Gasteiger partial charge in [0.2, 0.25) is 0 Å². The number of methoxy groups -OCH3 is 1. The third kappa shape index (κ3) is 3.56. The number of rotatable bonds is 5. The Bertz CT molecular complexity index is 1670. The Morgan fingerprint density at radius 3 is 2.00 bits per heavy atom. The maximum atomic E-state index is 11.6. The third-order valence-electron chi connectivity index (χ3n) is 7.59. The highest BCUT2D eigenvalue weighted by atomic mass is 16.5. The lowest BCUT2D eigenvalue weighted by molar-refractivity contribution is -0.131. The summed E-state index contributed by atoms with van der Waals surface area (Å²) in [5.74, 6) is 1.01. The molecule has 6 rings (SSSR count). The van der Waals surface area contributed by atoms with E-state index in [9.17, 15) is 4.79 Å². The number of benzene rings is 5. The van der Waals surface area contributed by atoms with Crippen LogP contribution in [0.1, 0.15) is 29.2 Å². The van der Waals surface area contributed by atoms with Gasteiger partial charge < -0.3 is 14.4 Å². The van der Waals surface area contributed by atoms with Crippen molar-refractivity contribution in [2.75, 3.05) is 26.1 Å². The number of esters is 1. The lowest BCUT2D eigenvalue weighted by atomic mass is 9.66. The van der Waals surface area contributed by atoms with Crippen LogP contribution < -0.4 is 14.4 Å². The minimum absolute atomic E-state index is 0.333. The summed E-state index contributed by atoms with van der Waals surface area (Å²) >= 11 is 0. The van der Waals surface area contributed by atoms with Gasteiger partial charge in [-0.05, 0) is 80.6 Å². The van der Waals surface area contributed by atoms with Crippen molar-refractivity contribution in [3.63, 3.8) is 0 Å². The Balaban J connectivity index is 1.76. The van der Waals surface area contributed by atoms with Crippen LogP contribution in [0.2, 0.25) is 0 Å². The number of carbonyl (C=O) groups is 1. The van der Waals surface area contributed by atoms with Gasteiger partial charge in [0.25, 0.3) is 0 Å². The first-order valence-electron chi connectivity index (χ1n) is 12.7. The summed E-state index contributed by atoms with van der Waals surface area (Å²) in [6.07, 6.45) is 0. The van der Waals surface area contributed by atoms with E-state index in [4.69, 9.17) is 9.47 Å². The maximum absolute atomic E-state index is 11.6. The van der Waals surface area contributed by atoms with Crippen LogP contribution in [0.4, 0.5) is 5.69 Å². The first-order chi connectivity index (χ1) is 18.4. The molecule has 5 aromatic rings. The minimum atomic E-state index is -0.599.